The Kier molecular flexibility index (Phi) is 3.70. The van der Waals surface area contributed by atoms with Gasteiger partial charge in [0.2, 0.25) is 5.91 Å². The highest BCUT2D eigenvalue weighted by Gasteiger charge is 2.26. The van der Waals surface area contributed by atoms with Crippen molar-refractivity contribution in [3.8, 4) is 0 Å². The molecule has 14 heavy (non-hydrogen) atoms. The Morgan fingerprint density at radius 1 is 1.43 bits per heavy atom. The molecule has 0 bridgehead atoms. The van der Waals surface area contributed by atoms with E-state index in [0.29, 0.717) is 25.9 Å². The van der Waals surface area contributed by atoms with Gasteiger partial charge in [0.15, 0.2) is 0 Å². The van der Waals surface area contributed by atoms with Crippen LogP contribution < -0.4 is 11.3 Å². The van der Waals surface area contributed by atoms with Gasteiger partial charge >= 0.3 is 6.09 Å². The smallest absolute Gasteiger partial charge is 0.409 e. The lowest BCUT2D eigenvalue weighted by Gasteiger charge is -2.29. The van der Waals surface area contributed by atoms with E-state index in [1.165, 1.54) is 7.11 Å². The van der Waals surface area contributed by atoms with Crippen LogP contribution in [-0.4, -0.2) is 37.1 Å². The molecule has 1 heterocycles. The van der Waals surface area contributed by atoms with Crippen molar-refractivity contribution in [1.82, 2.24) is 10.3 Å². The molecule has 1 rings (SSSR count). The summed E-state index contributed by atoms with van der Waals surface area (Å²) < 4.78 is 4.57. The van der Waals surface area contributed by atoms with Gasteiger partial charge in [-0.1, -0.05) is 0 Å². The maximum atomic E-state index is 11.1. The third-order valence-corrected chi connectivity index (χ3v) is 2.44. The highest BCUT2D eigenvalue weighted by atomic mass is 16.5. The molecule has 0 spiro atoms. The molecule has 1 fully saturated rings. The SMILES string of the molecule is COC(=O)N1CCC(C(=O)NN)CC1. The molecule has 0 aromatic carbocycles. The summed E-state index contributed by atoms with van der Waals surface area (Å²) in [7, 11) is 1.35. The van der Waals surface area contributed by atoms with Crippen molar-refractivity contribution in [3.63, 3.8) is 0 Å². The molecule has 3 N–H and O–H groups in total. The van der Waals surface area contributed by atoms with E-state index in [1.807, 2.05) is 0 Å². The number of nitrogens with zero attached hydrogens (tertiary/aromatic N) is 1. The third-order valence-electron chi connectivity index (χ3n) is 2.44. The molecule has 0 saturated carbocycles. The molecule has 0 aromatic rings. The number of piperidine rings is 1. The molecule has 0 radical (unpaired) electrons. The number of likely N-dealkylation sites (tertiary alicyclic amines) is 1. The van der Waals surface area contributed by atoms with E-state index >= 15 is 0 Å². The highest BCUT2D eigenvalue weighted by Crippen LogP contribution is 2.17. The lowest BCUT2D eigenvalue weighted by atomic mass is 9.96. The molecule has 1 aliphatic heterocycles. The fraction of sp³-hybridized carbons (Fsp3) is 0.750. The number of nitrogens with two attached hydrogens (primary N) is 1. The second-order valence-electron chi connectivity index (χ2n) is 3.24. The summed E-state index contributed by atoms with van der Waals surface area (Å²) in [5.41, 5.74) is 2.12. The molecule has 1 aliphatic rings. The topological polar surface area (TPSA) is 84.7 Å². The minimum atomic E-state index is -0.336. The van der Waals surface area contributed by atoms with Crippen molar-refractivity contribution in [3.05, 3.63) is 0 Å². The Morgan fingerprint density at radius 3 is 2.43 bits per heavy atom. The fourth-order valence-corrected chi connectivity index (χ4v) is 1.57. The van der Waals surface area contributed by atoms with Crippen molar-refractivity contribution in [2.75, 3.05) is 20.2 Å². The van der Waals surface area contributed by atoms with Crippen LogP contribution in [0.25, 0.3) is 0 Å². The molecule has 2 amide bonds. The number of carbonyl (C=O) groups is 2. The van der Waals surface area contributed by atoms with Crippen LogP contribution in [0.4, 0.5) is 4.79 Å². The Morgan fingerprint density at radius 2 is 2.00 bits per heavy atom. The minimum Gasteiger partial charge on any atom is -0.453 e. The number of amides is 2. The van der Waals surface area contributed by atoms with Crippen molar-refractivity contribution in [1.29, 1.82) is 0 Å². The zero-order chi connectivity index (χ0) is 10.6. The van der Waals surface area contributed by atoms with E-state index in [-0.39, 0.29) is 17.9 Å². The van der Waals surface area contributed by atoms with Gasteiger partial charge in [0, 0.05) is 19.0 Å². The normalized spacial score (nSPS) is 17.7. The zero-order valence-electron chi connectivity index (χ0n) is 8.16. The predicted molar refractivity (Wildman–Crippen MR) is 49.0 cm³/mol. The quantitative estimate of drug-likeness (QED) is 0.339. The number of hydrogen-bond acceptors (Lipinski definition) is 4. The summed E-state index contributed by atoms with van der Waals surface area (Å²) in [6.07, 6.45) is 0.938. The molecular weight excluding hydrogens is 186 g/mol. The summed E-state index contributed by atoms with van der Waals surface area (Å²) in [5, 5.41) is 0. The van der Waals surface area contributed by atoms with E-state index in [4.69, 9.17) is 5.84 Å². The van der Waals surface area contributed by atoms with Gasteiger partial charge in [-0.15, -0.1) is 0 Å². The zero-order valence-corrected chi connectivity index (χ0v) is 8.16. The van der Waals surface area contributed by atoms with Gasteiger partial charge in [0.1, 0.15) is 0 Å². The van der Waals surface area contributed by atoms with Gasteiger partial charge in [0.25, 0.3) is 0 Å². The van der Waals surface area contributed by atoms with Crippen LogP contribution in [0.1, 0.15) is 12.8 Å². The molecule has 0 atom stereocenters. The van der Waals surface area contributed by atoms with Crippen molar-refractivity contribution >= 4 is 12.0 Å². The van der Waals surface area contributed by atoms with Crippen molar-refractivity contribution in [2.45, 2.75) is 12.8 Å². The van der Waals surface area contributed by atoms with Gasteiger partial charge in [-0.2, -0.15) is 0 Å². The van der Waals surface area contributed by atoms with Crippen LogP contribution in [0.15, 0.2) is 0 Å². The van der Waals surface area contributed by atoms with E-state index in [2.05, 4.69) is 10.2 Å². The standard InChI is InChI=1S/C8H15N3O3/c1-14-8(13)11-4-2-6(3-5-11)7(12)10-9/h6H,2-5,9H2,1H3,(H,10,12). The van der Waals surface area contributed by atoms with Crippen LogP contribution in [0.5, 0.6) is 0 Å². The molecule has 6 heteroatoms. The predicted octanol–water partition coefficient (Wildman–Crippen LogP) is -0.545. The number of rotatable bonds is 1. The van der Waals surface area contributed by atoms with Crippen molar-refractivity contribution in [2.24, 2.45) is 11.8 Å². The van der Waals surface area contributed by atoms with E-state index in [1.54, 1.807) is 4.90 Å². The molecule has 80 valence electrons. The van der Waals surface area contributed by atoms with Crippen molar-refractivity contribution < 1.29 is 14.3 Å². The number of methoxy groups -OCH3 is 1. The van der Waals surface area contributed by atoms with Crippen LogP contribution in [-0.2, 0) is 9.53 Å². The first-order valence-corrected chi connectivity index (χ1v) is 4.52. The average molecular weight is 201 g/mol. The minimum absolute atomic E-state index is 0.0825. The number of hydrazine groups is 1. The molecule has 6 nitrogen and oxygen atoms in total. The largest absolute Gasteiger partial charge is 0.453 e. The maximum absolute atomic E-state index is 11.1. The summed E-state index contributed by atoms with van der Waals surface area (Å²) in [6.45, 7) is 1.09. The van der Waals surface area contributed by atoms with Gasteiger partial charge in [-0.3, -0.25) is 10.2 Å². The van der Waals surface area contributed by atoms with Gasteiger partial charge in [-0.25, -0.2) is 10.6 Å². The van der Waals surface area contributed by atoms with E-state index in [0.717, 1.165) is 0 Å². The van der Waals surface area contributed by atoms with E-state index in [9.17, 15) is 9.59 Å². The second-order valence-corrected chi connectivity index (χ2v) is 3.24. The Hall–Kier alpha value is -1.30. The van der Waals surface area contributed by atoms with Crippen LogP contribution in [0.3, 0.4) is 0 Å². The molecule has 0 unspecified atom stereocenters. The van der Waals surface area contributed by atoms with Crippen LogP contribution >= 0.6 is 0 Å². The second kappa shape index (κ2) is 4.80. The lowest BCUT2D eigenvalue weighted by molar-refractivity contribution is -0.126. The summed E-state index contributed by atoms with van der Waals surface area (Å²) in [5.74, 6) is 4.78. The first-order chi connectivity index (χ1) is 6.69. The number of hydrogen-bond donors (Lipinski definition) is 2. The molecule has 0 aromatic heterocycles. The van der Waals surface area contributed by atoms with Gasteiger partial charge in [0.05, 0.1) is 7.11 Å². The number of carbonyl (C=O) groups excluding carboxylic acids is 2. The monoisotopic (exact) mass is 201 g/mol. The summed E-state index contributed by atoms with van der Waals surface area (Å²) in [4.78, 5) is 23.8. The first-order valence-electron chi connectivity index (χ1n) is 4.52. The Bertz CT molecular complexity index is 200. The van der Waals surface area contributed by atoms with E-state index < -0.39 is 0 Å². The van der Waals surface area contributed by atoms with Crippen LogP contribution in [0, 0.1) is 5.92 Å². The fourth-order valence-electron chi connectivity index (χ4n) is 1.57. The number of nitrogens with one attached hydrogen (secondary N) is 1. The van der Waals surface area contributed by atoms with Gasteiger partial charge in [-0.05, 0) is 12.8 Å². The maximum Gasteiger partial charge on any atom is 0.409 e. The summed E-state index contributed by atoms with van der Waals surface area (Å²) >= 11 is 0. The number of ether oxygens (including phenoxy) is 1. The Labute approximate surface area is 82.3 Å². The first kappa shape index (κ1) is 10.8. The molecule has 0 aliphatic carbocycles. The molecule has 1 saturated heterocycles. The van der Waals surface area contributed by atoms with Crippen LogP contribution in [0.2, 0.25) is 0 Å². The lowest BCUT2D eigenvalue weighted by Crippen LogP contribution is -2.44. The van der Waals surface area contributed by atoms with Gasteiger partial charge < -0.3 is 9.64 Å². The highest BCUT2D eigenvalue weighted by molar-refractivity contribution is 5.78. The summed E-state index contributed by atoms with van der Waals surface area (Å²) in [6, 6.07) is 0. The average Bonchev–Trinajstić information content (AvgIpc) is 2.27. The Balaban J connectivity index is 2.38. The molecular formula is C8H15N3O3. The third kappa shape index (κ3) is 2.35.